The van der Waals surface area contributed by atoms with Crippen LogP contribution in [0.4, 0.5) is 0 Å². The van der Waals surface area contributed by atoms with E-state index in [1.807, 2.05) is 0 Å². The second kappa shape index (κ2) is 4.29. The van der Waals surface area contributed by atoms with Gasteiger partial charge < -0.3 is 4.74 Å². The van der Waals surface area contributed by atoms with Crippen molar-refractivity contribution in [1.82, 2.24) is 5.06 Å². The van der Waals surface area contributed by atoms with E-state index in [9.17, 15) is 4.79 Å². The molecule has 0 aromatic carbocycles. The van der Waals surface area contributed by atoms with Crippen molar-refractivity contribution in [2.75, 3.05) is 21.0 Å². The monoisotopic (exact) mass is 133 g/mol. The fraction of sp³-hybridized carbons (Fsp3) is 0.800. The molecule has 0 heterocycles. The highest BCUT2D eigenvalue weighted by molar-refractivity contribution is 5.71. The molecule has 0 aliphatic rings. The average Bonchev–Trinajstić information content (AvgIpc) is 1.82. The van der Waals surface area contributed by atoms with Gasteiger partial charge in [0.2, 0.25) is 5.91 Å². The molecule has 0 bridgehead atoms. The highest BCUT2D eigenvalue weighted by Gasteiger charge is 1.99. The number of ether oxygens (including phenoxy) is 1. The molecule has 9 heavy (non-hydrogen) atoms. The lowest BCUT2D eigenvalue weighted by atomic mass is 10.7. The molecule has 0 saturated carbocycles. The van der Waals surface area contributed by atoms with Crippen LogP contribution in [0.1, 0.15) is 6.92 Å². The van der Waals surface area contributed by atoms with Crippen LogP contribution in [0.2, 0.25) is 0 Å². The van der Waals surface area contributed by atoms with Crippen molar-refractivity contribution >= 4 is 5.91 Å². The lowest BCUT2D eigenvalue weighted by Gasteiger charge is -2.12. The second-order valence-electron chi connectivity index (χ2n) is 1.55. The summed E-state index contributed by atoms with van der Waals surface area (Å²) in [5, 5.41) is 1.11. The highest BCUT2D eigenvalue weighted by atomic mass is 16.8. The number of carbonyl (C=O) groups is 1. The minimum absolute atomic E-state index is 0.107. The number of carbonyl (C=O) groups excluding carboxylic acids is 1. The third-order valence-electron chi connectivity index (χ3n) is 0.808. The molecule has 0 aromatic rings. The molecule has 0 aliphatic carbocycles. The Bertz CT molecular complexity index is 94.2. The summed E-state index contributed by atoms with van der Waals surface area (Å²) in [5.41, 5.74) is 0. The SMILES string of the molecule is COCON(C)C(C)=O. The maximum atomic E-state index is 10.4. The Morgan fingerprint density at radius 2 is 2.22 bits per heavy atom. The zero-order valence-corrected chi connectivity index (χ0v) is 5.88. The van der Waals surface area contributed by atoms with E-state index in [0.29, 0.717) is 0 Å². The van der Waals surface area contributed by atoms with E-state index in [2.05, 4.69) is 4.74 Å². The third kappa shape index (κ3) is 3.93. The summed E-state index contributed by atoms with van der Waals surface area (Å²) in [6, 6.07) is 0. The standard InChI is InChI=1S/C5H11NO3/c1-5(7)6(2)9-4-8-3/h4H2,1-3H3. The van der Waals surface area contributed by atoms with Crippen LogP contribution in [0.15, 0.2) is 0 Å². The van der Waals surface area contributed by atoms with E-state index in [1.54, 1.807) is 0 Å². The van der Waals surface area contributed by atoms with Crippen LogP contribution in [0.3, 0.4) is 0 Å². The number of hydrogen-bond donors (Lipinski definition) is 0. The molecular formula is C5H11NO3. The molecule has 4 heteroatoms. The highest BCUT2D eigenvalue weighted by Crippen LogP contribution is 1.84. The molecule has 0 N–H and O–H groups in total. The summed E-state index contributed by atoms with van der Waals surface area (Å²) in [7, 11) is 3.02. The Balaban J connectivity index is 3.27. The molecule has 0 saturated heterocycles. The van der Waals surface area contributed by atoms with Gasteiger partial charge in [0, 0.05) is 21.1 Å². The molecule has 0 fully saturated rings. The predicted molar refractivity (Wildman–Crippen MR) is 31.4 cm³/mol. The number of hydrogen-bond acceptors (Lipinski definition) is 3. The lowest BCUT2D eigenvalue weighted by Crippen LogP contribution is -2.24. The smallest absolute Gasteiger partial charge is 0.242 e. The van der Waals surface area contributed by atoms with Crippen molar-refractivity contribution < 1.29 is 14.4 Å². The van der Waals surface area contributed by atoms with Gasteiger partial charge in [-0.05, 0) is 0 Å². The summed E-state index contributed by atoms with van der Waals surface area (Å²) in [6.07, 6.45) is 0. The first kappa shape index (κ1) is 8.39. The van der Waals surface area contributed by atoms with E-state index < -0.39 is 0 Å². The first-order chi connectivity index (χ1) is 4.18. The maximum Gasteiger partial charge on any atom is 0.242 e. The maximum absolute atomic E-state index is 10.4. The number of methoxy groups -OCH3 is 1. The molecule has 1 amide bonds. The Morgan fingerprint density at radius 1 is 1.67 bits per heavy atom. The van der Waals surface area contributed by atoms with Crippen LogP contribution in [0.25, 0.3) is 0 Å². The van der Waals surface area contributed by atoms with Gasteiger partial charge in [0.1, 0.15) is 0 Å². The molecule has 0 aromatic heterocycles. The van der Waals surface area contributed by atoms with Crippen LogP contribution in [0.5, 0.6) is 0 Å². The fourth-order valence-electron chi connectivity index (χ4n) is 0.223. The average molecular weight is 133 g/mol. The van der Waals surface area contributed by atoms with Gasteiger partial charge in [-0.25, -0.2) is 9.90 Å². The normalized spacial score (nSPS) is 9.22. The molecule has 0 rings (SSSR count). The summed E-state index contributed by atoms with van der Waals surface area (Å²) >= 11 is 0. The van der Waals surface area contributed by atoms with Crippen molar-refractivity contribution in [2.45, 2.75) is 6.92 Å². The zero-order valence-electron chi connectivity index (χ0n) is 5.88. The van der Waals surface area contributed by atoms with E-state index in [1.165, 1.54) is 21.1 Å². The van der Waals surface area contributed by atoms with Crippen molar-refractivity contribution in [1.29, 1.82) is 0 Å². The van der Waals surface area contributed by atoms with Crippen molar-refractivity contribution in [2.24, 2.45) is 0 Å². The van der Waals surface area contributed by atoms with Crippen LogP contribution in [0, 0.1) is 0 Å². The Kier molecular flexibility index (Phi) is 4.00. The number of nitrogens with zero attached hydrogens (tertiary/aromatic N) is 1. The van der Waals surface area contributed by atoms with E-state index >= 15 is 0 Å². The van der Waals surface area contributed by atoms with Crippen molar-refractivity contribution in [3.05, 3.63) is 0 Å². The molecule has 0 radical (unpaired) electrons. The molecular weight excluding hydrogens is 122 g/mol. The topological polar surface area (TPSA) is 38.8 Å². The van der Waals surface area contributed by atoms with E-state index in [-0.39, 0.29) is 12.7 Å². The molecule has 0 unspecified atom stereocenters. The first-order valence-corrected chi connectivity index (χ1v) is 2.54. The quantitative estimate of drug-likeness (QED) is 0.402. The fourth-order valence-corrected chi connectivity index (χ4v) is 0.223. The zero-order chi connectivity index (χ0) is 7.28. The molecule has 54 valence electrons. The van der Waals surface area contributed by atoms with Gasteiger partial charge in [0.25, 0.3) is 0 Å². The van der Waals surface area contributed by atoms with Gasteiger partial charge in [-0.2, -0.15) is 0 Å². The van der Waals surface area contributed by atoms with E-state index in [0.717, 1.165) is 5.06 Å². The van der Waals surface area contributed by atoms with Gasteiger partial charge in [-0.1, -0.05) is 0 Å². The van der Waals surface area contributed by atoms with Crippen LogP contribution >= 0.6 is 0 Å². The Labute approximate surface area is 54.3 Å². The summed E-state index contributed by atoms with van der Waals surface area (Å²) in [5.74, 6) is -0.146. The second-order valence-corrected chi connectivity index (χ2v) is 1.55. The summed E-state index contributed by atoms with van der Waals surface area (Å²) in [4.78, 5) is 15.1. The van der Waals surface area contributed by atoms with Crippen molar-refractivity contribution in [3.63, 3.8) is 0 Å². The van der Waals surface area contributed by atoms with Gasteiger partial charge in [0.05, 0.1) is 0 Å². The van der Waals surface area contributed by atoms with Gasteiger partial charge in [-0.15, -0.1) is 0 Å². The van der Waals surface area contributed by atoms with Crippen LogP contribution in [-0.4, -0.2) is 31.9 Å². The summed E-state index contributed by atoms with van der Waals surface area (Å²) < 4.78 is 4.55. The van der Waals surface area contributed by atoms with E-state index in [4.69, 9.17) is 4.84 Å². The Hall–Kier alpha value is -0.610. The van der Waals surface area contributed by atoms with Crippen LogP contribution < -0.4 is 0 Å². The lowest BCUT2D eigenvalue weighted by molar-refractivity contribution is -0.207. The molecule has 0 aliphatic heterocycles. The number of rotatable bonds is 3. The minimum Gasteiger partial charge on any atom is -0.356 e. The van der Waals surface area contributed by atoms with Gasteiger partial charge in [0.15, 0.2) is 6.79 Å². The predicted octanol–water partition coefficient (Wildman–Crippen LogP) is 0.000200. The van der Waals surface area contributed by atoms with Gasteiger partial charge in [-0.3, -0.25) is 4.79 Å². The van der Waals surface area contributed by atoms with Gasteiger partial charge >= 0.3 is 0 Å². The molecule has 0 spiro atoms. The first-order valence-electron chi connectivity index (χ1n) is 2.54. The summed E-state index contributed by atoms with van der Waals surface area (Å²) in [6.45, 7) is 1.52. The minimum atomic E-state index is -0.146. The number of hydroxylamine groups is 2. The Morgan fingerprint density at radius 3 is 2.56 bits per heavy atom. The largest absolute Gasteiger partial charge is 0.356 e. The molecule has 0 atom stereocenters. The van der Waals surface area contributed by atoms with Crippen molar-refractivity contribution in [3.8, 4) is 0 Å². The third-order valence-corrected chi connectivity index (χ3v) is 0.808. The number of amides is 1. The molecule has 4 nitrogen and oxygen atoms in total. The van der Waals surface area contributed by atoms with Crippen LogP contribution in [-0.2, 0) is 14.4 Å².